The average molecular weight is 300 g/mol. The third kappa shape index (κ3) is 3.48. The van der Waals surface area contributed by atoms with Gasteiger partial charge in [0.25, 0.3) is 0 Å². The van der Waals surface area contributed by atoms with Crippen molar-refractivity contribution in [3.63, 3.8) is 0 Å². The Balaban J connectivity index is 2.10. The van der Waals surface area contributed by atoms with Crippen LogP contribution in [0.15, 0.2) is 35.7 Å². The monoisotopic (exact) mass is 299 g/mol. The average Bonchev–Trinajstić information content (AvgIpc) is 2.85. The first-order chi connectivity index (χ1) is 8.70. The van der Waals surface area contributed by atoms with E-state index in [0.29, 0.717) is 6.04 Å². The summed E-state index contributed by atoms with van der Waals surface area (Å²) in [6, 6.07) is 10.2. The molecule has 96 valence electrons. The van der Waals surface area contributed by atoms with E-state index >= 15 is 0 Å². The normalized spacial score (nSPS) is 12.6. The lowest BCUT2D eigenvalue weighted by molar-refractivity contribution is 0.560. The Morgan fingerprint density at radius 1 is 1.11 bits per heavy atom. The summed E-state index contributed by atoms with van der Waals surface area (Å²) in [7, 11) is 1.98. The Morgan fingerprint density at radius 3 is 2.39 bits per heavy atom. The first-order valence-corrected chi connectivity index (χ1v) is 7.47. The smallest absolute Gasteiger partial charge is 0.0453 e. The predicted octanol–water partition coefficient (Wildman–Crippen LogP) is 4.43. The van der Waals surface area contributed by atoms with Crippen molar-refractivity contribution < 1.29 is 0 Å². The molecule has 0 aliphatic heterocycles. The molecule has 1 unspecified atom stereocenters. The SMILES string of the molecule is CNC(Cc1cccs1)Cc1c(Cl)cccc1Cl. The van der Waals surface area contributed by atoms with Crippen LogP contribution in [0.2, 0.25) is 10.0 Å². The second-order valence-electron chi connectivity index (χ2n) is 4.17. The molecule has 1 nitrogen and oxygen atoms in total. The number of benzene rings is 1. The Hall–Kier alpha value is -0.540. The van der Waals surface area contributed by atoms with E-state index in [4.69, 9.17) is 23.2 Å². The molecule has 1 heterocycles. The minimum absolute atomic E-state index is 0.348. The van der Waals surface area contributed by atoms with Crippen molar-refractivity contribution in [2.24, 2.45) is 0 Å². The Morgan fingerprint density at radius 2 is 1.83 bits per heavy atom. The predicted molar refractivity (Wildman–Crippen MR) is 81.0 cm³/mol. The van der Waals surface area contributed by atoms with E-state index in [-0.39, 0.29) is 0 Å². The quantitative estimate of drug-likeness (QED) is 0.861. The van der Waals surface area contributed by atoms with Crippen molar-refractivity contribution in [3.8, 4) is 0 Å². The minimum Gasteiger partial charge on any atom is -0.316 e. The van der Waals surface area contributed by atoms with Gasteiger partial charge in [-0.25, -0.2) is 0 Å². The van der Waals surface area contributed by atoms with E-state index in [9.17, 15) is 0 Å². The fourth-order valence-corrected chi connectivity index (χ4v) is 3.26. The summed E-state index contributed by atoms with van der Waals surface area (Å²) in [6.45, 7) is 0. The number of hydrogen-bond donors (Lipinski definition) is 1. The van der Waals surface area contributed by atoms with Crippen LogP contribution in [-0.2, 0) is 12.8 Å². The van der Waals surface area contributed by atoms with Gasteiger partial charge in [-0.2, -0.15) is 0 Å². The largest absolute Gasteiger partial charge is 0.316 e. The second-order valence-corrected chi connectivity index (χ2v) is 6.02. The summed E-state index contributed by atoms with van der Waals surface area (Å²) in [5.41, 5.74) is 1.02. The topological polar surface area (TPSA) is 12.0 Å². The Bertz CT molecular complexity index is 476. The van der Waals surface area contributed by atoms with Crippen molar-refractivity contribution in [1.82, 2.24) is 5.32 Å². The van der Waals surface area contributed by atoms with Gasteiger partial charge >= 0.3 is 0 Å². The summed E-state index contributed by atoms with van der Waals surface area (Å²) >= 11 is 14.2. The zero-order valence-electron chi connectivity index (χ0n) is 10.1. The summed E-state index contributed by atoms with van der Waals surface area (Å²) in [4.78, 5) is 1.37. The molecule has 1 N–H and O–H groups in total. The van der Waals surface area contributed by atoms with Crippen LogP contribution in [-0.4, -0.2) is 13.1 Å². The molecule has 1 aromatic carbocycles. The van der Waals surface area contributed by atoms with Gasteiger partial charge in [0.15, 0.2) is 0 Å². The van der Waals surface area contributed by atoms with Crippen molar-refractivity contribution in [2.75, 3.05) is 7.05 Å². The van der Waals surface area contributed by atoms with Gasteiger partial charge in [-0.1, -0.05) is 35.3 Å². The van der Waals surface area contributed by atoms with Crippen LogP contribution in [0.1, 0.15) is 10.4 Å². The van der Waals surface area contributed by atoms with Crippen LogP contribution in [0, 0.1) is 0 Å². The molecule has 4 heteroatoms. The van der Waals surface area contributed by atoms with E-state index in [1.54, 1.807) is 11.3 Å². The zero-order chi connectivity index (χ0) is 13.0. The number of nitrogens with one attached hydrogen (secondary N) is 1. The molecular weight excluding hydrogens is 285 g/mol. The van der Waals surface area contributed by atoms with E-state index < -0.39 is 0 Å². The Labute approximate surface area is 122 Å². The third-order valence-electron chi connectivity index (χ3n) is 2.95. The molecule has 0 saturated heterocycles. The number of likely N-dealkylation sites (N-methyl/N-ethyl adjacent to an activating group) is 1. The summed E-state index contributed by atoms with van der Waals surface area (Å²) in [6.07, 6.45) is 1.84. The van der Waals surface area contributed by atoms with Crippen LogP contribution in [0.3, 0.4) is 0 Å². The van der Waals surface area contributed by atoms with Crippen LogP contribution in [0.25, 0.3) is 0 Å². The maximum atomic E-state index is 6.20. The van der Waals surface area contributed by atoms with Gasteiger partial charge in [-0.05, 0) is 49.0 Å². The molecule has 0 amide bonds. The third-order valence-corrected chi connectivity index (χ3v) is 4.56. The van der Waals surface area contributed by atoms with E-state index in [0.717, 1.165) is 28.5 Å². The van der Waals surface area contributed by atoms with Gasteiger partial charge in [0.1, 0.15) is 0 Å². The lowest BCUT2D eigenvalue weighted by atomic mass is 10.0. The van der Waals surface area contributed by atoms with Gasteiger partial charge in [-0.3, -0.25) is 0 Å². The molecule has 0 aliphatic carbocycles. The fraction of sp³-hybridized carbons (Fsp3) is 0.286. The molecule has 1 atom stereocenters. The number of rotatable bonds is 5. The highest BCUT2D eigenvalue weighted by Gasteiger charge is 2.13. The van der Waals surface area contributed by atoms with Crippen LogP contribution in [0.4, 0.5) is 0 Å². The van der Waals surface area contributed by atoms with Crippen molar-refractivity contribution >= 4 is 34.5 Å². The van der Waals surface area contributed by atoms with Crippen molar-refractivity contribution in [2.45, 2.75) is 18.9 Å². The van der Waals surface area contributed by atoms with Crippen molar-refractivity contribution in [3.05, 3.63) is 56.2 Å². The number of thiophene rings is 1. The van der Waals surface area contributed by atoms with Gasteiger partial charge < -0.3 is 5.32 Å². The molecule has 2 aromatic rings. The molecule has 1 aromatic heterocycles. The van der Waals surface area contributed by atoms with E-state index in [1.165, 1.54) is 4.88 Å². The molecule has 0 bridgehead atoms. The molecule has 18 heavy (non-hydrogen) atoms. The first-order valence-electron chi connectivity index (χ1n) is 5.83. The van der Waals surface area contributed by atoms with Crippen LogP contribution in [0.5, 0.6) is 0 Å². The standard InChI is InChI=1S/C14H15Cl2NS/c1-17-10(8-11-4-3-7-18-11)9-12-13(15)5-2-6-14(12)16/h2-7,10,17H,8-9H2,1H3. The summed E-state index contributed by atoms with van der Waals surface area (Å²) < 4.78 is 0. The molecule has 0 radical (unpaired) electrons. The second kappa shape index (κ2) is 6.58. The molecule has 2 rings (SSSR count). The van der Waals surface area contributed by atoms with Gasteiger partial charge in [0.05, 0.1) is 0 Å². The Kier molecular flexibility index (Phi) is 5.07. The van der Waals surface area contributed by atoms with Crippen molar-refractivity contribution in [1.29, 1.82) is 0 Å². The molecule has 0 saturated carbocycles. The van der Waals surface area contributed by atoms with Gasteiger partial charge in [-0.15, -0.1) is 11.3 Å². The van der Waals surface area contributed by atoms with E-state index in [2.05, 4.69) is 22.8 Å². The van der Waals surface area contributed by atoms with E-state index in [1.807, 2.05) is 25.2 Å². The summed E-state index contributed by atoms with van der Waals surface area (Å²) in [5, 5.41) is 6.92. The number of halogens is 2. The van der Waals surface area contributed by atoms with Gasteiger partial charge in [0, 0.05) is 21.0 Å². The maximum Gasteiger partial charge on any atom is 0.0453 e. The van der Waals surface area contributed by atoms with Crippen LogP contribution >= 0.6 is 34.5 Å². The molecular formula is C14H15Cl2NS. The minimum atomic E-state index is 0.348. The molecule has 0 aliphatic rings. The number of hydrogen-bond acceptors (Lipinski definition) is 2. The fourth-order valence-electron chi connectivity index (χ4n) is 1.92. The lowest BCUT2D eigenvalue weighted by Crippen LogP contribution is -2.29. The molecule has 0 fully saturated rings. The molecule has 0 spiro atoms. The highest BCUT2D eigenvalue weighted by molar-refractivity contribution is 7.09. The lowest BCUT2D eigenvalue weighted by Gasteiger charge is -2.17. The van der Waals surface area contributed by atoms with Gasteiger partial charge in [0.2, 0.25) is 0 Å². The first kappa shape index (κ1) is 13.9. The van der Waals surface area contributed by atoms with Crippen LogP contribution < -0.4 is 5.32 Å². The highest BCUT2D eigenvalue weighted by atomic mass is 35.5. The highest BCUT2D eigenvalue weighted by Crippen LogP contribution is 2.26. The summed E-state index contributed by atoms with van der Waals surface area (Å²) in [5.74, 6) is 0. The maximum absolute atomic E-state index is 6.20. The zero-order valence-corrected chi connectivity index (χ0v) is 12.4.